The monoisotopic (exact) mass is 249 g/mol. The first-order valence-electron chi connectivity index (χ1n) is 5.99. The van der Waals surface area contributed by atoms with E-state index in [-0.39, 0.29) is 0 Å². The molecule has 4 N–H and O–H groups in total. The van der Waals surface area contributed by atoms with Crippen LogP contribution >= 0.6 is 0 Å². The van der Waals surface area contributed by atoms with Crippen LogP contribution in [0, 0.1) is 0 Å². The SMILES string of the molecule is Nc1ccc2[nH]c(-c3cccc4nc[nH]c34)nc2c1. The van der Waals surface area contributed by atoms with E-state index in [0.29, 0.717) is 5.69 Å². The van der Waals surface area contributed by atoms with Crippen molar-refractivity contribution in [2.24, 2.45) is 0 Å². The third kappa shape index (κ3) is 1.48. The Bertz CT molecular complexity index is 887. The fourth-order valence-corrected chi connectivity index (χ4v) is 2.31. The van der Waals surface area contributed by atoms with E-state index in [2.05, 4.69) is 19.9 Å². The second-order valence-corrected chi connectivity index (χ2v) is 4.46. The standard InChI is InChI=1S/C14H11N5/c15-8-4-5-10-12(6-8)19-14(18-10)9-2-1-3-11-13(9)17-7-16-11/h1-7H,15H2,(H,16,17)(H,18,19). The van der Waals surface area contributed by atoms with E-state index < -0.39 is 0 Å². The third-order valence-electron chi connectivity index (χ3n) is 3.22. The Kier molecular flexibility index (Phi) is 1.91. The molecule has 4 aromatic rings. The zero-order chi connectivity index (χ0) is 12.8. The molecular weight excluding hydrogens is 238 g/mol. The van der Waals surface area contributed by atoms with Gasteiger partial charge in [0.15, 0.2) is 0 Å². The quantitative estimate of drug-likeness (QED) is 0.453. The summed E-state index contributed by atoms with van der Waals surface area (Å²) in [5, 5.41) is 0. The summed E-state index contributed by atoms with van der Waals surface area (Å²) in [7, 11) is 0. The van der Waals surface area contributed by atoms with E-state index in [4.69, 9.17) is 5.73 Å². The van der Waals surface area contributed by atoms with Crippen LogP contribution in [0.4, 0.5) is 5.69 Å². The van der Waals surface area contributed by atoms with Gasteiger partial charge in [0.05, 0.1) is 28.4 Å². The second-order valence-electron chi connectivity index (χ2n) is 4.46. The topological polar surface area (TPSA) is 83.4 Å². The van der Waals surface area contributed by atoms with Gasteiger partial charge in [-0.05, 0) is 30.3 Å². The number of hydrogen-bond donors (Lipinski definition) is 3. The van der Waals surface area contributed by atoms with Gasteiger partial charge in [0.2, 0.25) is 0 Å². The molecule has 0 unspecified atom stereocenters. The zero-order valence-corrected chi connectivity index (χ0v) is 10.0. The summed E-state index contributed by atoms with van der Waals surface area (Å²) >= 11 is 0. The molecule has 0 atom stereocenters. The van der Waals surface area contributed by atoms with Crippen LogP contribution in [0.25, 0.3) is 33.5 Å². The number of rotatable bonds is 1. The van der Waals surface area contributed by atoms with Crippen molar-refractivity contribution in [1.82, 2.24) is 19.9 Å². The maximum atomic E-state index is 5.78. The lowest BCUT2D eigenvalue weighted by Gasteiger charge is -1.97. The first-order chi connectivity index (χ1) is 9.31. The number of fused-ring (bicyclic) bond motifs is 2. The molecule has 2 heterocycles. The molecule has 92 valence electrons. The summed E-state index contributed by atoms with van der Waals surface area (Å²) < 4.78 is 0. The Morgan fingerprint density at radius 3 is 2.95 bits per heavy atom. The lowest BCUT2D eigenvalue weighted by atomic mass is 10.2. The van der Waals surface area contributed by atoms with Gasteiger partial charge < -0.3 is 15.7 Å². The largest absolute Gasteiger partial charge is 0.399 e. The minimum atomic E-state index is 0.713. The van der Waals surface area contributed by atoms with Gasteiger partial charge in [-0.1, -0.05) is 6.07 Å². The molecule has 5 nitrogen and oxygen atoms in total. The normalized spacial score (nSPS) is 11.4. The summed E-state index contributed by atoms with van der Waals surface area (Å²) in [5.41, 5.74) is 11.2. The molecule has 0 saturated carbocycles. The smallest absolute Gasteiger partial charge is 0.140 e. The van der Waals surface area contributed by atoms with Crippen molar-refractivity contribution < 1.29 is 0 Å². The minimum Gasteiger partial charge on any atom is -0.399 e. The Labute approximate surface area is 108 Å². The number of nitrogen functional groups attached to an aromatic ring is 1. The van der Waals surface area contributed by atoms with Gasteiger partial charge in [-0.15, -0.1) is 0 Å². The van der Waals surface area contributed by atoms with E-state index in [1.54, 1.807) is 6.33 Å². The van der Waals surface area contributed by atoms with Crippen molar-refractivity contribution >= 4 is 27.8 Å². The van der Waals surface area contributed by atoms with Crippen LogP contribution < -0.4 is 5.73 Å². The first kappa shape index (κ1) is 10.1. The van der Waals surface area contributed by atoms with Gasteiger partial charge in [-0.2, -0.15) is 0 Å². The predicted octanol–water partition coefficient (Wildman–Crippen LogP) is 2.69. The highest BCUT2D eigenvalue weighted by atomic mass is 14.9. The maximum Gasteiger partial charge on any atom is 0.140 e. The minimum absolute atomic E-state index is 0.713. The molecule has 0 spiro atoms. The molecule has 0 bridgehead atoms. The average Bonchev–Trinajstić information content (AvgIpc) is 3.03. The Morgan fingerprint density at radius 2 is 2.00 bits per heavy atom. The number of benzene rings is 2. The predicted molar refractivity (Wildman–Crippen MR) is 75.6 cm³/mol. The molecule has 0 amide bonds. The van der Waals surface area contributed by atoms with Crippen LogP contribution in [-0.4, -0.2) is 19.9 Å². The molecule has 0 radical (unpaired) electrons. The third-order valence-corrected chi connectivity index (χ3v) is 3.22. The lowest BCUT2D eigenvalue weighted by Crippen LogP contribution is -1.82. The summed E-state index contributed by atoms with van der Waals surface area (Å²) in [6.07, 6.45) is 1.69. The van der Waals surface area contributed by atoms with Crippen LogP contribution in [0.5, 0.6) is 0 Å². The van der Waals surface area contributed by atoms with Gasteiger partial charge in [-0.25, -0.2) is 9.97 Å². The van der Waals surface area contributed by atoms with E-state index in [1.165, 1.54) is 0 Å². The van der Waals surface area contributed by atoms with Crippen LogP contribution in [0.2, 0.25) is 0 Å². The number of imidazole rings is 2. The van der Waals surface area contributed by atoms with Crippen molar-refractivity contribution in [3.05, 3.63) is 42.7 Å². The maximum absolute atomic E-state index is 5.78. The van der Waals surface area contributed by atoms with Gasteiger partial charge in [0.1, 0.15) is 5.82 Å². The number of aromatic amines is 2. The van der Waals surface area contributed by atoms with Crippen LogP contribution in [0.3, 0.4) is 0 Å². The Morgan fingerprint density at radius 1 is 1.05 bits per heavy atom. The lowest BCUT2D eigenvalue weighted by molar-refractivity contribution is 1.32. The molecule has 0 aliphatic heterocycles. The number of nitrogens with one attached hydrogen (secondary N) is 2. The number of para-hydroxylation sites is 1. The molecule has 19 heavy (non-hydrogen) atoms. The molecule has 0 saturated heterocycles. The number of nitrogens with two attached hydrogens (primary N) is 1. The van der Waals surface area contributed by atoms with Gasteiger partial charge in [-0.3, -0.25) is 0 Å². The van der Waals surface area contributed by atoms with Gasteiger partial charge in [0.25, 0.3) is 0 Å². The highest BCUT2D eigenvalue weighted by molar-refractivity contribution is 5.92. The van der Waals surface area contributed by atoms with Crippen molar-refractivity contribution in [3.8, 4) is 11.4 Å². The van der Waals surface area contributed by atoms with Gasteiger partial charge in [0, 0.05) is 11.3 Å². The summed E-state index contributed by atoms with van der Waals surface area (Å²) in [4.78, 5) is 15.3. The number of nitrogens with zero attached hydrogens (tertiary/aromatic N) is 2. The number of aromatic nitrogens is 4. The van der Waals surface area contributed by atoms with E-state index >= 15 is 0 Å². The molecule has 2 aromatic heterocycles. The summed E-state index contributed by atoms with van der Waals surface area (Å²) in [6, 6.07) is 11.6. The molecule has 4 rings (SSSR count). The number of H-pyrrole nitrogens is 2. The molecule has 0 fully saturated rings. The number of anilines is 1. The molecule has 0 aliphatic rings. The van der Waals surface area contributed by atoms with Crippen LogP contribution in [0.1, 0.15) is 0 Å². The van der Waals surface area contributed by atoms with E-state index in [0.717, 1.165) is 33.5 Å². The highest BCUT2D eigenvalue weighted by Gasteiger charge is 2.10. The fourth-order valence-electron chi connectivity index (χ4n) is 2.31. The van der Waals surface area contributed by atoms with Crippen molar-refractivity contribution in [3.63, 3.8) is 0 Å². The number of hydrogen-bond acceptors (Lipinski definition) is 3. The Hall–Kier alpha value is -2.82. The van der Waals surface area contributed by atoms with Gasteiger partial charge >= 0.3 is 0 Å². The van der Waals surface area contributed by atoms with Crippen molar-refractivity contribution in [2.45, 2.75) is 0 Å². The van der Waals surface area contributed by atoms with Crippen LogP contribution in [-0.2, 0) is 0 Å². The second kappa shape index (κ2) is 3.58. The molecule has 2 aromatic carbocycles. The van der Waals surface area contributed by atoms with Crippen LogP contribution in [0.15, 0.2) is 42.7 Å². The average molecular weight is 249 g/mol. The molecular formula is C14H11N5. The van der Waals surface area contributed by atoms with Crippen molar-refractivity contribution in [2.75, 3.05) is 5.73 Å². The summed E-state index contributed by atoms with van der Waals surface area (Å²) in [5.74, 6) is 0.815. The highest BCUT2D eigenvalue weighted by Crippen LogP contribution is 2.26. The first-order valence-corrected chi connectivity index (χ1v) is 5.99. The van der Waals surface area contributed by atoms with E-state index in [1.807, 2.05) is 36.4 Å². The fraction of sp³-hybridized carbons (Fsp3) is 0. The zero-order valence-electron chi connectivity index (χ0n) is 10.0. The summed E-state index contributed by atoms with van der Waals surface area (Å²) in [6.45, 7) is 0. The van der Waals surface area contributed by atoms with Crippen molar-refractivity contribution in [1.29, 1.82) is 0 Å². The molecule has 0 aliphatic carbocycles. The Balaban J connectivity index is 2.01. The van der Waals surface area contributed by atoms with E-state index in [9.17, 15) is 0 Å². The molecule has 5 heteroatoms.